The number of benzene rings is 1. The zero-order chi connectivity index (χ0) is 12.8. The molecule has 18 heavy (non-hydrogen) atoms. The summed E-state index contributed by atoms with van der Waals surface area (Å²) in [6.45, 7) is 0.460. The number of H-pyrrole nitrogens is 1. The fraction of sp³-hybridized carbons (Fsp3) is 0.385. The molecule has 0 fully saturated rings. The van der Waals surface area contributed by atoms with E-state index in [-0.39, 0.29) is 0 Å². The summed E-state index contributed by atoms with van der Waals surface area (Å²) in [4.78, 5) is 4.34. The first kappa shape index (κ1) is 12.6. The highest BCUT2D eigenvalue weighted by atomic mass is 16.5. The first-order valence-corrected chi connectivity index (χ1v) is 5.84. The van der Waals surface area contributed by atoms with Crippen molar-refractivity contribution < 1.29 is 9.47 Å². The summed E-state index contributed by atoms with van der Waals surface area (Å²) >= 11 is 0. The first-order valence-electron chi connectivity index (χ1n) is 5.84. The van der Waals surface area contributed by atoms with Crippen LogP contribution in [0.15, 0.2) is 24.3 Å². The summed E-state index contributed by atoms with van der Waals surface area (Å²) in [5.41, 5.74) is 1.16. The van der Waals surface area contributed by atoms with E-state index in [9.17, 15) is 0 Å². The van der Waals surface area contributed by atoms with Crippen LogP contribution in [-0.4, -0.2) is 29.4 Å². The Bertz CT molecular complexity index is 496. The van der Waals surface area contributed by atoms with E-state index in [1.807, 2.05) is 18.2 Å². The van der Waals surface area contributed by atoms with Gasteiger partial charge in [-0.15, -0.1) is 0 Å². The maximum Gasteiger partial charge on any atom is 0.151 e. The van der Waals surface area contributed by atoms with Crippen LogP contribution in [0.5, 0.6) is 5.75 Å². The predicted molar refractivity (Wildman–Crippen MR) is 67.5 cm³/mol. The van der Waals surface area contributed by atoms with E-state index in [2.05, 4.69) is 21.2 Å². The normalized spacial score (nSPS) is 10.6. The molecule has 2 aromatic rings. The lowest BCUT2D eigenvalue weighted by atomic mass is 10.1. The number of methoxy groups -OCH3 is 2. The minimum absolute atomic E-state index is 0.460. The Morgan fingerprint density at radius 2 is 2.00 bits per heavy atom. The molecule has 0 aliphatic rings. The van der Waals surface area contributed by atoms with Gasteiger partial charge in [0.25, 0.3) is 0 Å². The number of hydrogen-bond donors (Lipinski definition) is 1. The molecular weight excluding hydrogens is 230 g/mol. The van der Waals surface area contributed by atoms with Gasteiger partial charge in [-0.3, -0.25) is 5.10 Å². The first-order chi connectivity index (χ1) is 8.83. The Kier molecular flexibility index (Phi) is 4.30. The molecule has 0 spiro atoms. The Morgan fingerprint density at radius 1 is 1.17 bits per heavy atom. The van der Waals surface area contributed by atoms with Crippen LogP contribution in [0.2, 0.25) is 0 Å². The average Bonchev–Trinajstić information content (AvgIpc) is 2.85. The van der Waals surface area contributed by atoms with Crippen LogP contribution in [0.4, 0.5) is 0 Å². The van der Waals surface area contributed by atoms with Crippen molar-refractivity contribution in [3.05, 3.63) is 41.5 Å². The summed E-state index contributed by atoms with van der Waals surface area (Å²) in [7, 11) is 3.32. The topological polar surface area (TPSA) is 60.0 Å². The molecule has 0 aliphatic carbocycles. The molecular formula is C13H17N3O2. The lowest BCUT2D eigenvalue weighted by Gasteiger charge is -2.06. The van der Waals surface area contributed by atoms with Crippen molar-refractivity contribution in [3.63, 3.8) is 0 Å². The highest BCUT2D eigenvalue weighted by molar-refractivity contribution is 5.33. The maximum absolute atomic E-state index is 5.31. The van der Waals surface area contributed by atoms with E-state index < -0.39 is 0 Å². The van der Waals surface area contributed by atoms with Gasteiger partial charge >= 0.3 is 0 Å². The second-order valence-corrected chi connectivity index (χ2v) is 3.94. The fourth-order valence-corrected chi connectivity index (χ4v) is 1.80. The zero-order valence-corrected chi connectivity index (χ0v) is 10.6. The molecule has 1 N–H and O–H groups in total. The number of para-hydroxylation sites is 1. The Hall–Kier alpha value is -1.88. The second kappa shape index (κ2) is 6.16. The lowest BCUT2D eigenvalue weighted by Crippen LogP contribution is -1.97. The molecule has 0 aliphatic heterocycles. The molecule has 0 saturated heterocycles. The van der Waals surface area contributed by atoms with Gasteiger partial charge in [-0.05, 0) is 18.1 Å². The van der Waals surface area contributed by atoms with E-state index in [0.717, 1.165) is 35.8 Å². The fourth-order valence-electron chi connectivity index (χ4n) is 1.80. The van der Waals surface area contributed by atoms with E-state index >= 15 is 0 Å². The highest BCUT2D eigenvalue weighted by Crippen LogP contribution is 2.18. The predicted octanol–water partition coefficient (Wildman–Crippen LogP) is 1.74. The third kappa shape index (κ3) is 3.07. The third-order valence-electron chi connectivity index (χ3n) is 2.67. The zero-order valence-electron chi connectivity index (χ0n) is 10.6. The molecule has 0 amide bonds. The van der Waals surface area contributed by atoms with Gasteiger partial charge in [0, 0.05) is 13.5 Å². The molecule has 0 saturated carbocycles. The number of aromatic amines is 1. The summed E-state index contributed by atoms with van der Waals surface area (Å²) in [5.74, 6) is 2.46. The number of nitrogens with zero attached hydrogens (tertiary/aromatic N) is 2. The van der Waals surface area contributed by atoms with Crippen LogP contribution in [0.1, 0.15) is 17.2 Å². The minimum atomic E-state index is 0.460. The van der Waals surface area contributed by atoms with Gasteiger partial charge < -0.3 is 9.47 Å². The van der Waals surface area contributed by atoms with E-state index in [1.165, 1.54) is 0 Å². The van der Waals surface area contributed by atoms with Gasteiger partial charge in [0.05, 0.1) is 7.11 Å². The van der Waals surface area contributed by atoms with Gasteiger partial charge in [-0.2, -0.15) is 5.10 Å². The Morgan fingerprint density at radius 3 is 2.78 bits per heavy atom. The molecule has 1 heterocycles. The molecule has 96 valence electrons. The smallest absolute Gasteiger partial charge is 0.151 e. The lowest BCUT2D eigenvalue weighted by molar-refractivity contribution is 0.178. The van der Waals surface area contributed by atoms with Gasteiger partial charge in [0.15, 0.2) is 11.6 Å². The molecule has 5 nitrogen and oxygen atoms in total. The maximum atomic E-state index is 5.31. The van der Waals surface area contributed by atoms with E-state index in [4.69, 9.17) is 9.47 Å². The van der Waals surface area contributed by atoms with Crippen molar-refractivity contribution in [1.29, 1.82) is 0 Å². The van der Waals surface area contributed by atoms with Crippen LogP contribution < -0.4 is 4.74 Å². The van der Waals surface area contributed by atoms with Crippen LogP contribution in [0.3, 0.4) is 0 Å². The van der Waals surface area contributed by atoms with Gasteiger partial charge in [-0.25, -0.2) is 4.98 Å². The van der Waals surface area contributed by atoms with Crippen molar-refractivity contribution in [1.82, 2.24) is 15.2 Å². The summed E-state index contributed by atoms with van der Waals surface area (Å²) in [5, 5.41) is 7.00. The van der Waals surface area contributed by atoms with E-state index in [1.54, 1.807) is 14.2 Å². The number of aromatic nitrogens is 3. The molecule has 0 bridgehead atoms. The number of rotatable bonds is 6. The van der Waals surface area contributed by atoms with Gasteiger partial charge in [-0.1, -0.05) is 18.2 Å². The largest absolute Gasteiger partial charge is 0.496 e. The van der Waals surface area contributed by atoms with Crippen molar-refractivity contribution in [3.8, 4) is 5.75 Å². The van der Waals surface area contributed by atoms with Crippen LogP contribution in [-0.2, 0) is 24.2 Å². The molecule has 1 aromatic heterocycles. The number of aryl methyl sites for hydroxylation is 2. The molecule has 5 heteroatoms. The summed E-state index contributed by atoms with van der Waals surface area (Å²) < 4.78 is 10.3. The van der Waals surface area contributed by atoms with Crippen LogP contribution in [0, 0.1) is 0 Å². The molecule has 2 rings (SSSR count). The van der Waals surface area contributed by atoms with Crippen LogP contribution >= 0.6 is 0 Å². The number of nitrogens with one attached hydrogen (secondary N) is 1. The van der Waals surface area contributed by atoms with Crippen molar-refractivity contribution in [2.75, 3.05) is 14.2 Å². The van der Waals surface area contributed by atoms with E-state index in [0.29, 0.717) is 6.61 Å². The molecule has 0 radical (unpaired) electrons. The minimum Gasteiger partial charge on any atom is -0.496 e. The molecule has 0 unspecified atom stereocenters. The van der Waals surface area contributed by atoms with Gasteiger partial charge in [0.2, 0.25) is 0 Å². The molecule has 0 atom stereocenters. The summed E-state index contributed by atoms with van der Waals surface area (Å²) in [6, 6.07) is 7.99. The monoisotopic (exact) mass is 247 g/mol. The number of hydrogen-bond acceptors (Lipinski definition) is 4. The molecule has 1 aromatic carbocycles. The van der Waals surface area contributed by atoms with Crippen molar-refractivity contribution in [2.24, 2.45) is 0 Å². The SMILES string of the molecule is COCc1nc(CCc2ccccc2OC)n[nH]1. The number of ether oxygens (including phenoxy) is 2. The third-order valence-corrected chi connectivity index (χ3v) is 2.67. The quantitative estimate of drug-likeness (QED) is 0.844. The highest BCUT2D eigenvalue weighted by Gasteiger charge is 2.06. The van der Waals surface area contributed by atoms with Gasteiger partial charge in [0.1, 0.15) is 12.4 Å². The standard InChI is InChI=1S/C13H17N3O2/c1-17-9-13-14-12(15-16-13)8-7-10-5-3-4-6-11(10)18-2/h3-6H,7-9H2,1-2H3,(H,14,15,16). The van der Waals surface area contributed by atoms with Crippen LogP contribution in [0.25, 0.3) is 0 Å². The average molecular weight is 247 g/mol. The second-order valence-electron chi connectivity index (χ2n) is 3.94. The Balaban J connectivity index is 1.97. The van der Waals surface area contributed by atoms with Crippen molar-refractivity contribution >= 4 is 0 Å². The summed E-state index contributed by atoms with van der Waals surface area (Å²) in [6.07, 6.45) is 1.63. The Labute approximate surface area is 106 Å². The van der Waals surface area contributed by atoms with Crippen molar-refractivity contribution in [2.45, 2.75) is 19.4 Å².